The summed E-state index contributed by atoms with van der Waals surface area (Å²) in [6.45, 7) is 5.07. The van der Waals surface area contributed by atoms with E-state index in [0.717, 1.165) is 43.2 Å². The number of rotatable bonds is 3. The number of carboxylic acids is 1. The maximum absolute atomic E-state index is 13.0. The standard InChI is InChI=1S/C20H20N2O4/c1-13-16-3-2-4-17(20(24)25)18(16)19(23)22(13)15-7-5-14(6-8-15)21-9-11-26-12-10-21/h2-8,13H,9-12H2,1H3,(H,24,25). The van der Waals surface area contributed by atoms with Gasteiger partial charge in [-0.25, -0.2) is 4.79 Å². The van der Waals surface area contributed by atoms with Crippen LogP contribution < -0.4 is 9.80 Å². The van der Waals surface area contributed by atoms with E-state index >= 15 is 0 Å². The van der Waals surface area contributed by atoms with Crippen LogP contribution in [-0.4, -0.2) is 43.3 Å². The molecule has 2 aliphatic heterocycles. The molecule has 2 aromatic carbocycles. The second-order valence-corrected chi connectivity index (χ2v) is 6.54. The Labute approximate surface area is 151 Å². The molecule has 1 saturated heterocycles. The van der Waals surface area contributed by atoms with Gasteiger partial charge in [0.2, 0.25) is 0 Å². The topological polar surface area (TPSA) is 70.1 Å². The first-order valence-corrected chi connectivity index (χ1v) is 8.70. The highest BCUT2D eigenvalue weighted by Gasteiger charge is 2.37. The number of aromatic carboxylic acids is 1. The fraction of sp³-hybridized carbons (Fsp3) is 0.300. The van der Waals surface area contributed by atoms with Crippen molar-refractivity contribution in [1.29, 1.82) is 0 Å². The first-order valence-electron chi connectivity index (χ1n) is 8.70. The van der Waals surface area contributed by atoms with Crippen molar-refractivity contribution in [2.24, 2.45) is 0 Å². The summed E-state index contributed by atoms with van der Waals surface area (Å²) in [4.78, 5) is 28.4. The lowest BCUT2D eigenvalue weighted by Crippen LogP contribution is -2.36. The lowest BCUT2D eigenvalue weighted by atomic mass is 10.0. The molecule has 4 rings (SSSR count). The molecule has 26 heavy (non-hydrogen) atoms. The van der Waals surface area contributed by atoms with Crippen molar-refractivity contribution in [3.63, 3.8) is 0 Å². The lowest BCUT2D eigenvalue weighted by Gasteiger charge is -2.29. The molecule has 1 unspecified atom stereocenters. The minimum atomic E-state index is -1.08. The van der Waals surface area contributed by atoms with Gasteiger partial charge < -0.3 is 19.6 Å². The Morgan fingerprint density at radius 3 is 2.38 bits per heavy atom. The van der Waals surface area contributed by atoms with Crippen LogP contribution in [0, 0.1) is 0 Å². The first kappa shape index (κ1) is 16.6. The van der Waals surface area contributed by atoms with Gasteiger partial charge in [-0.15, -0.1) is 0 Å². The van der Waals surface area contributed by atoms with Gasteiger partial charge in [-0.05, 0) is 42.8 Å². The number of nitrogens with zero attached hydrogens (tertiary/aromatic N) is 2. The quantitative estimate of drug-likeness (QED) is 0.920. The van der Waals surface area contributed by atoms with E-state index in [4.69, 9.17) is 4.74 Å². The fourth-order valence-corrected chi connectivity index (χ4v) is 3.76. The zero-order chi connectivity index (χ0) is 18.3. The number of fused-ring (bicyclic) bond motifs is 1. The van der Waals surface area contributed by atoms with E-state index in [1.807, 2.05) is 37.3 Å². The van der Waals surface area contributed by atoms with Crippen molar-refractivity contribution < 1.29 is 19.4 Å². The number of hydrogen-bond acceptors (Lipinski definition) is 4. The molecule has 1 amide bonds. The van der Waals surface area contributed by atoms with E-state index in [1.54, 1.807) is 11.0 Å². The maximum atomic E-state index is 13.0. The van der Waals surface area contributed by atoms with E-state index in [2.05, 4.69) is 4.90 Å². The van der Waals surface area contributed by atoms with Crippen molar-refractivity contribution in [2.45, 2.75) is 13.0 Å². The zero-order valence-electron chi connectivity index (χ0n) is 14.5. The SMILES string of the molecule is CC1c2cccc(C(=O)O)c2C(=O)N1c1ccc(N2CCOCC2)cc1. The third kappa shape index (κ3) is 2.63. The molecule has 0 aromatic heterocycles. The monoisotopic (exact) mass is 352 g/mol. The molecule has 6 nitrogen and oxygen atoms in total. The predicted octanol–water partition coefficient (Wildman–Crippen LogP) is 2.94. The molecule has 2 aliphatic rings. The van der Waals surface area contributed by atoms with Crippen molar-refractivity contribution in [3.8, 4) is 0 Å². The number of amides is 1. The Bertz CT molecular complexity index is 857. The third-order valence-electron chi connectivity index (χ3n) is 5.10. The summed E-state index contributed by atoms with van der Waals surface area (Å²) in [7, 11) is 0. The molecule has 6 heteroatoms. The van der Waals surface area contributed by atoms with Crippen molar-refractivity contribution in [2.75, 3.05) is 36.1 Å². The van der Waals surface area contributed by atoms with Crippen LogP contribution in [0.3, 0.4) is 0 Å². The molecular formula is C20H20N2O4. The van der Waals surface area contributed by atoms with Gasteiger partial charge in [0.25, 0.3) is 5.91 Å². The number of hydrogen-bond donors (Lipinski definition) is 1. The van der Waals surface area contributed by atoms with Gasteiger partial charge in [-0.2, -0.15) is 0 Å². The number of benzene rings is 2. The normalized spacial score (nSPS) is 19.6. The van der Waals surface area contributed by atoms with Crippen LogP contribution >= 0.6 is 0 Å². The molecule has 2 heterocycles. The van der Waals surface area contributed by atoms with Gasteiger partial charge in [0.1, 0.15) is 0 Å². The Morgan fingerprint density at radius 1 is 1.08 bits per heavy atom. The van der Waals surface area contributed by atoms with Crippen LogP contribution in [-0.2, 0) is 4.74 Å². The molecule has 0 aliphatic carbocycles. The first-order chi connectivity index (χ1) is 12.6. The van der Waals surface area contributed by atoms with Gasteiger partial charge in [-0.1, -0.05) is 12.1 Å². The molecule has 1 atom stereocenters. The van der Waals surface area contributed by atoms with Crippen molar-refractivity contribution in [3.05, 3.63) is 59.2 Å². The molecule has 0 spiro atoms. The Balaban J connectivity index is 1.65. The van der Waals surface area contributed by atoms with Crippen LogP contribution in [0.1, 0.15) is 39.2 Å². The van der Waals surface area contributed by atoms with Crippen LogP contribution in [0.25, 0.3) is 0 Å². The van der Waals surface area contributed by atoms with Gasteiger partial charge in [0.05, 0.1) is 30.4 Å². The summed E-state index contributed by atoms with van der Waals surface area (Å²) in [5.74, 6) is -1.34. The summed E-state index contributed by atoms with van der Waals surface area (Å²) in [6, 6.07) is 12.6. The maximum Gasteiger partial charge on any atom is 0.336 e. The molecule has 134 valence electrons. The summed E-state index contributed by atoms with van der Waals surface area (Å²) in [5.41, 5.74) is 2.98. The third-order valence-corrected chi connectivity index (χ3v) is 5.10. The highest BCUT2D eigenvalue weighted by Crippen LogP contribution is 2.39. The van der Waals surface area contributed by atoms with Crippen molar-refractivity contribution >= 4 is 23.3 Å². The second-order valence-electron chi connectivity index (χ2n) is 6.54. The molecular weight excluding hydrogens is 332 g/mol. The summed E-state index contributed by atoms with van der Waals surface area (Å²) in [6.07, 6.45) is 0. The number of anilines is 2. The lowest BCUT2D eigenvalue weighted by molar-refractivity contribution is 0.0692. The van der Waals surface area contributed by atoms with E-state index in [1.165, 1.54) is 6.07 Å². The second kappa shape index (κ2) is 6.46. The summed E-state index contributed by atoms with van der Waals surface area (Å²) in [5, 5.41) is 9.40. The Kier molecular flexibility index (Phi) is 4.12. The van der Waals surface area contributed by atoms with E-state index < -0.39 is 5.97 Å². The molecule has 1 N–H and O–H groups in total. The summed E-state index contributed by atoms with van der Waals surface area (Å²) >= 11 is 0. The summed E-state index contributed by atoms with van der Waals surface area (Å²) < 4.78 is 5.38. The molecule has 0 bridgehead atoms. The number of carboxylic acid groups (broad SMARTS) is 1. The minimum absolute atomic E-state index is 0.0618. The molecule has 0 radical (unpaired) electrons. The van der Waals surface area contributed by atoms with Gasteiger partial charge in [-0.3, -0.25) is 4.79 Å². The zero-order valence-corrected chi connectivity index (χ0v) is 14.5. The smallest absolute Gasteiger partial charge is 0.336 e. The highest BCUT2D eigenvalue weighted by atomic mass is 16.5. The predicted molar refractivity (Wildman–Crippen MR) is 98.1 cm³/mol. The number of carbonyl (C=O) groups excluding carboxylic acids is 1. The van der Waals surface area contributed by atoms with Crippen LogP contribution in [0.5, 0.6) is 0 Å². The Hall–Kier alpha value is -2.86. The minimum Gasteiger partial charge on any atom is -0.478 e. The van der Waals surface area contributed by atoms with Crippen molar-refractivity contribution in [1.82, 2.24) is 0 Å². The van der Waals surface area contributed by atoms with Gasteiger partial charge >= 0.3 is 5.97 Å². The highest BCUT2D eigenvalue weighted by molar-refractivity contribution is 6.16. The molecule has 1 fully saturated rings. The Morgan fingerprint density at radius 2 is 1.73 bits per heavy atom. The average Bonchev–Trinajstić information content (AvgIpc) is 2.93. The van der Waals surface area contributed by atoms with Crippen LogP contribution in [0.4, 0.5) is 11.4 Å². The van der Waals surface area contributed by atoms with Crippen LogP contribution in [0.15, 0.2) is 42.5 Å². The number of morpholine rings is 1. The number of ether oxygens (including phenoxy) is 1. The van der Waals surface area contributed by atoms with E-state index in [0.29, 0.717) is 5.56 Å². The van der Waals surface area contributed by atoms with E-state index in [9.17, 15) is 14.7 Å². The molecule has 0 saturated carbocycles. The van der Waals surface area contributed by atoms with Crippen LogP contribution in [0.2, 0.25) is 0 Å². The largest absolute Gasteiger partial charge is 0.478 e. The van der Waals surface area contributed by atoms with Gasteiger partial charge in [0.15, 0.2) is 0 Å². The molecule has 2 aromatic rings. The van der Waals surface area contributed by atoms with E-state index in [-0.39, 0.29) is 17.5 Å². The van der Waals surface area contributed by atoms with Gasteiger partial charge in [0, 0.05) is 24.5 Å². The fourth-order valence-electron chi connectivity index (χ4n) is 3.76. The average molecular weight is 352 g/mol. The number of carbonyl (C=O) groups is 2.